The summed E-state index contributed by atoms with van der Waals surface area (Å²) in [6.07, 6.45) is 3.54. The zero-order valence-electron chi connectivity index (χ0n) is 11.8. The van der Waals surface area contributed by atoms with Crippen LogP contribution in [0.2, 0.25) is 0 Å². The molecule has 0 heterocycles. The zero-order valence-corrected chi connectivity index (χ0v) is 11.8. The summed E-state index contributed by atoms with van der Waals surface area (Å²) in [7, 11) is 1.74. The summed E-state index contributed by atoms with van der Waals surface area (Å²) in [6.45, 7) is 3.18. The molecule has 0 atom stereocenters. The number of amides is 2. The van der Waals surface area contributed by atoms with E-state index < -0.39 is 5.97 Å². The first-order chi connectivity index (χ1) is 9.52. The monoisotopic (exact) mass is 276 g/mol. The van der Waals surface area contributed by atoms with Crippen LogP contribution in [-0.4, -0.2) is 35.6 Å². The van der Waals surface area contributed by atoms with Crippen LogP contribution in [0.25, 0.3) is 6.08 Å². The Morgan fingerprint density at radius 2 is 1.95 bits per heavy atom. The molecular weight excluding hydrogens is 256 g/mol. The molecule has 2 amide bonds. The normalized spacial score (nSPS) is 10.5. The minimum absolute atomic E-state index is 0.0956. The molecule has 5 nitrogen and oxygen atoms in total. The van der Waals surface area contributed by atoms with E-state index in [1.807, 2.05) is 31.2 Å². The molecule has 0 saturated heterocycles. The number of nitrogens with one attached hydrogen (secondary N) is 1. The fraction of sp³-hybridized carbons (Fsp3) is 0.333. The number of rotatable bonds is 6. The number of hydrogen-bond donors (Lipinski definition) is 2. The number of aliphatic carboxylic acids is 1. The predicted molar refractivity (Wildman–Crippen MR) is 78.3 cm³/mol. The molecule has 0 spiro atoms. The van der Waals surface area contributed by atoms with Crippen molar-refractivity contribution in [3.05, 3.63) is 41.5 Å². The maximum atomic E-state index is 11.7. The van der Waals surface area contributed by atoms with E-state index in [0.717, 1.165) is 23.6 Å². The van der Waals surface area contributed by atoms with Gasteiger partial charge in [0.15, 0.2) is 0 Å². The number of carboxylic acid groups (broad SMARTS) is 1. The van der Waals surface area contributed by atoms with Crippen molar-refractivity contribution in [2.24, 2.45) is 0 Å². The fourth-order valence-corrected chi connectivity index (χ4v) is 1.61. The first-order valence-electron chi connectivity index (χ1n) is 6.52. The summed E-state index contributed by atoms with van der Waals surface area (Å²) >= 11 is 0. The van der Waals surface area contributed by atoms with Crippen molar-refractivity contribution in [2.45, 2.75) is 19.9 Å². The lowest BCUT2D eigenvalue weighted by molar-refractivity contribution is -0.131. The molecule has 0 aliphatic rings. The van der Waals surface area contributed by atoms with E-state index in [2.05, 4.69) is 5.32 Å². The Balaban J connectivity index is 2.56. The molecular formula is C15H20N2O3. The van der Waals surface area contributed by atoms with Gasteiger partial charge >= 0.3 is 12.0 Å². The molecule has 1 aromatic rings. The summed E-state index contributed by atoms with van der Waals surface area (Å²) in [5, 5.41) is 11.3. The van der Waals surface area contributed by atoms with Crippen molar-refractivity contribution in [1.29, 1.82) is 0 Å². The topological polar surface area (TPSA) is 69.6 Å². The van der Waals surface area contributed by atoms with E-state index in [0.29, 0.717) is 13.1 Å². The Kier molecular flexibility index (Phi) is 6.29. The van der Waals surface area contributed by atoms with Crippen molar-refractivity contribution in [2.75, 3.05) is 13.6 Å². The molecule has 1 aromatic carbocycles. The second-order valence-corrected chi connectivity index (χ2v) is 4.50. The van der Waals surface area contributed by atoms with Gasteiger partial charge < -0.3 is 15.3 Å². The molecule has 0 aromatic heterocycles. The highest BCUT2D eigenvalue weighted by Crippen LogP contribution is 2.08. The number of hydrogen-bond acceptors (Lipinski definition) is 2. The van der Waals surface area contributed by atoms with Gasteiger partial charge in [-0.2, -0.15) is 0 Å². The van der Waals surface area contributed by atoms with Crippen LogP contribution in [0.4, 0.5) is 4.79 Å². The third-order valence-electron chi connectivity index (χ3n) is 2.69. The minimum atomic E-state index is -0.971. The molecule has 1 rings (SSSR count). The minimum Gasteiger partial charge on any atom is -0.478 e. The van der Waals surface area contributed by atoms with E-state index in [1.54, 1.807) is 11.9 Å². The van der Waals surface area contributed by atoms with Gasteiger partial charge in [-0.1, -0.05) is 31.2 Å². The van der Waals surface area contributed by atoms with Gasteiger partial charge in [-0.3, -0.25) is 0 Å². The van der Waals surface area contributed by atoms with Crippen LogP contribution < -0.4 is 5.32 Å². The third kappa shape index (κ3) is 5.56. The van der Waals surface area contributed by atoms with Gasteiger partial charge in [0.2, 0.25) is 0 Å². The number of carbonyl (C=O) groups is 2. The molecule has 20 heavy (non-hydrogen) atoms. The van der Waals surface area contributed by atoms with Crippen LogP contribution in [0.1, 0.15) is 24.5 Å². The van der Waals surface area contributed by atoms with Crippen molar-refractivity contribution in [3.63, 3.8) is 0 Å². The molecule has 0 fully saturated rings. The van der Waals surface area contributed by atoms with Crippen molar-refractivity contribution >= 4 is 18.1 Å². The number of carbonyl (C=O) groups excluding carboxylic acids is 1. The third-order valence-corrected chi connectivity index (χ3v) is 2.69. The van der Waals surface area contributed by atoms with Gasteiger partial charge in [0, 0.05) is 26.2 Å². The lowest BCUT2D eigenvalue weighted by Crippen LogP contribution is -2.37. The van der Waals surface area contributed by atoms with E-state index in [4.69, 9.17) is 5.11 Å². The Bertz CT molecular complexity index is 480. The predicted octanol–water partition coefficient (Wildman–Crippen LogP) is 2.34. The number of urea groups is 1. The lowest BCUT2D eigenvalue weighted by Gasteiger charge is -2.17. The Morgan fingerprint density at radius 3 is 2.50 bits per heavy atom. The molecule has 0 unspecified atom stereocenters. The highest BCUT2D eigenvalue weighted by atomic mass is 16.4. The Morgan fingerprint density at radius 1 is 1.30 bits per heavy atom. The molecule has 0 aliphatic heterocycles. The highest BCUT2D eigenvalue weighted by Gasteiger charge is 2.07. The van der Waals surface area contributed by atoms with Gasteiger partial charge in [0.1, 0.15) is 0 Å². The van der Waals surface area contributed by atoms with Crippen LogP contribution >= 0.6 is 0 Å². The first-order valence-corrected chi connectivity index (χ1v) is 6.52. The number of benzene rings is 1. The highest BCUT2D eigenvalue weighted by molar-refractivity contribution is 5.85. The summed E-state index contributed by atoms with van der Waals surface area (Å²) in [6, 6.07) is 7.32. The Hall–Kier alpha value is -2.30. The smallest absolute Gasteiger partial charge is 0.328 e. The van der Waals surface area contributed by atoms with Crippen molar-refractivity contribution in [3.8, 4) is 0 Å². The molecule has 0 radical (unpaired) electrons. The molecule has 2 N–H and O–H groups in total. The lowest BCUT2D eigenvalue weighted by atomic mass is 10.1. The Labute approximate surface area is 118 Å². The molecule has 5 heteroatoms. The summed E-state index contributed by atoms with van der Waals surface area (Å²) < 4.78 is 0. The van der Waals surface area contributed by atoms with Gasteiger partial charge in [-0.05, 0) is 23.6 Å². The number of nitrogens with zero attached hydrogens (tertiary/aromatic N) is 1. The molecule has 0 bridgehead atoms. The number of carboxylic acids is 1. The average Bonchev–Trinajstić information content (AvgIpc) is 2.43. The summed E-state index contributed by atoms with van der Waals surface area (Å²) in [5.74, 6) is -0.971. The largest absolute Gasteiger partial charge is 0.478 e. The quantitative estimate of drug-likeness (QED) is 0.783. The van der Waals surface area contributed by atoms with E-state index in [-0.39, 0.29) is 6.03 Å². The summed E-state index contributed by atoms with van der Waals surface area (Å²) in [5.41, 5.74) is 1.81. The second-order valence-electron chi connectivity index (χ2n) is 4.50. The van der Waals surface area contributed by atoms with Crippen LogP contribution in [0.15, 0.2) is 30.3 Å². The van der Waals surface area contributed by atoms with Gasteiger partial charge in [0.25, 0.3) is 0 Å². The zero-order chi connectivity index (χ0) is 15.0. The van der Waals surface area contributed by atoms with Crippen LogP contribution in [0.3, 0.4) is 0 Å². The van der Waals surface area contributed by atoms with E-state index in [9.17, 15) is 9.59 Å². The van der Waals surface area contributed by atoms with Gasteiger partial charge in [-0.25, -0.2) is 9.59 Å². The van der Waals surface area contributed by atoms with Crippen molar-refractivity contribution < 1.29 is 14.7 Å². The molecule has 0 saturated carbocycles. The van der Waals surface area contributed by atoms with Crippen LogP contribution in [0, 0.1) is 0 Å². The van der Waals surface area contributed by atoms with Gasteiger partial charge in [-0.15, -0.1) is 0 Å². The summed E-state index contributed by atoms with van der Waals surface area (Å²) in [4.78, 5) is 23.7. The van der Waals surface area contributed by atoms with Gasteiger partial charge in [0.05, 0.1) is 0 Å². The maximum absolute atomic E-state index is 11.7. The molecule has 108 valence electrons. The first kappa shape index (κ1) is 15.8. The maximum Gasteiger partial charge on any atom is 0.328 e. The van der Waals surface area contributed by atoms with Crippen LogP contribution in [-0.2, 0) is 11.3 Å². The van der Waals surface area contributed by atoms with E-state index >= 15 is 0 Å². The average molecular weight is 276 g/mol. The fourth-order valence-electron chi connectivity index (χ4n) is 1.61. The standard InChI is InChI=1S/C15H20N2O3/c1-3-10-16-15(20)17(2)11-13-6-4-12(5-7-13)8-9-14(18)19/h4-9H,3,10-11H2,1-2H3,(H,16,20)(H,18,19). The van der Waals surface area contributed by atoms with E-state index in [1.165, 1.54) is 6.08 Å². The van der Waals surface area contributed by atoms with Crippen LogP contribution in [0.5, 0.6) is 0 Å². The SMILES string of the molecule is CCCNC(=O)N(C)Cc1ccc(C=CC(=O)O)cc1. The molecule has 0 aliphatic carbocycles. The van der Waals surface area contributed by atoms with Crippen molar-refractivity contribution in [1.82, 2.24) is 10.2 Å². The second kappa shape index (κ2) is 7.99.